The summed E-state index contributed by atoms with van der Waals surface area (Å²) in [4.78, 5) is 26.1. The Morgan fingerprint density at radius 1 is 1.16 bits per heavy atom. The second-order valence-corrected chi connectivity index (χ2v) is 12.8. The predicted octanol–water partition coefficient (Wildman–Crippen LogP) is 5.25. The van der Waals surface area contributed by atoms with Crippen molar-refractivity contribution in [2.45, 2.75) is 39.2 Å². The average molecular weight is 602 g/mol. The largest absolute Gasteiger partial charge is 0.481 e. The summed E-state index contributed by atoms with van der Waals surface area (Å²) < 4.78 is 35.2. The molecule has 1 saturated carbocycles. The minimum Gasteiger partial charge on any atom is -0.481 e. The number of benzene rings is 1. The molecule has 2 fully saturated rings. The molecule has 0 spiro atoms. The number of aryl methyl sites for hydroxylation is 1. The van der Waals surface area contributed by atoms with E-state index in [0.717, 1.165) is 49.9 Å². The van der Waals surface area contributed by atoms with Crippen molar-refractivity contribution in [1.82, 2.24) is 14.8 Å². The SMILES string of the molecule is C=C/N=C1\C(=C)C(C2CCCC2)=CC=C1S(=O)(=O)Nc1ccc(C(=O)N2CCN(Cc3cccnc3OC)CC2)cc1C. The predicted molar refractivity (Wildman–Crippen MR) is 171 cm³/mol. The molecule has 1 aliphatic heterocycles. The molecule has 0 atom stereocenters. The van der Waals surface area contributed by atoms with Crippen LogP contribution in [0.3, 0.4) is 0 Å². The van der Waals surface area contributed by atoms with E-state index in [-0.39, 0.29) is 10.8 Å². The van der Waals surface area contributed by atoms with Crippen molar-refractivity contribution in [3.8, 4) is 5.88 Å². The van der Waals surface area contributed by atoms with Crippen LogP contribution in [0.2, 0.25) is 0 Å². The number of hydrogen-bond acceptors (Lipinski definition) is 7. The second-order valence-electron chi connectivity index (χ2n) is 11.1. The molecule has 2 aliphatic carbocycles. The number of methoxy groups -OCH3 is 1. The topological polar surface area (TPSA) is 104 Å². The standard InChI is InChI=1S/C33H39N5O4S/c1-5-34-31-24(3)28(25-9-6-7-10-25)13-15-30(31)43(40,41)36-29-14-12-26(21-23(29)2)33(39)38-19-17-37(18-20-38)22-27-11-8-16-35-32(27)42-4/h5,8,11-16,21,25,36H,1,3,6-7,9-10,17-20,22H2,2,4H3/b34-31+. The third-order valence-corrected chi connectivity index (χ3v) is 9.80. The fourth-order valence-electron chi connectivity index (χ4n) is 6.07. The first kappa shape index (κ1) is 30.4. The van der Waals surface area contributed by atoms with Gasteiger partial charge in [0.15, 0.2) is 0 Å². The minimum absolute atomic E-state index is 0.0560. The average Bonchev–Trinajstić information content (AvgIpc) is 3.54. The van der Waals surface area contributed by atoms with Crippen LogP contribution in [-0.4, -0.2) is 68.1 Å². The Bertz CT molecular complexity index is 1610. The molecule has 1 aromatic carbocycles. The fraction of sp³-hybridized carbons (Fsp3) is 0.364. The number of pyridine rings is 1. The van der Waals surface area contributed by atoms with Crippen LogP contribution in [-0.2, 0) is 16.6 Å². The molecule has 3 aliphatic rings. The second kappa shape index (κ2) is 13.1. The lowest BCUT2D eigenvalue weighted by Crippen LogP contribution is -2.48. The third kappa shape index (κ3) is 6.65. The van der Waals surface area contributed by atoms with Crippen molar-refractivity contribution in [2.75, 3.05) is 38.0 Å². The summed E-state index contributed by atoms with van der Waals surface area (Å²) in [5.41, 5.74) is 4.59. The van der Waals surface area contributed by atoms with E-state index in [4.69, 9.17) is 4.74 Å². The summed E-state index contributed by atoms with van der Waals surface area (Å²) in [5, 5.41) is 0. The van der Waals surface area contributed by atoms with Gasteiger partial charge in [-0.15, -0.1) is 0 Å². The van der Waals surface area contributed by atoms with Gasteiger partial charge in [-0.2, -0.15) is 0 Å². The van der Waals surface area contributed by atoms with Gasteiger partial charge in [0.1, 0.15) is 4.91 Å². The van der Waals surface area contributed by atoms with Gasteiger partial charge in [0.2, 0.25) is 5.88 Å². The van der Waals surface area contributed by atoms with Crippen molar-refractivity contribution < 1.29 is 17.9 Å². The molecule has 10 heteroatoms. The summed E-state index contributed by atoms with van der Waals surface area (Å²) in [6, 6.07) is 8.95. The Morgan fingerprint density at radius 3 is 2.58 bits per heavy atom. The number of aromatic nitrogens is 1. The summed E-state index contributed by atoms with van der Waals surface area (Å²) in [5.74, 6) is 0.912. The van der Waals surface area contributed by atoms with E-state index in [2.05, 4.69) is 32.8 Å². The van der Waals surface area contributed by atoms with Crippen LogP contribution in [0.5, 0.6) is 5.88 Å². The Labute approximate surface area is 254 Å². The van der Waals surface area contributed by atoms with Gasteiger partial charge in [0, 0.05) is 56.2 Å². The van der Waals surface area contributed by atoms with Crippen LogP contribution >= 0.6 is 0 Å². The zero-order valence-electron chi connectivity index (χ0n) is 24.9. The molecule has 5 rings (SSSR count). The molecule has 2 heterocycles. The molecule has 1 amide bonds. The van der Waals surface area contributed by atoms with Gasteiger partial charge in [-0.3, -0.25) is 19.4 Å². The lowest BCUT2D eigenvalue weighted by atomic mass is 9.86. The quantitative estimate of drug-likeness (QED) is 0.421. The number of nitrogens with zero attached hydrogens (tertiary/aromatic N) is 4. The molecule has 226 valence electrons. The van der Waals surface area contributed by atoms with E-state index < -0.39 is 10.0 Å². The highest BCUT2D eigenvalue weighted by Gasteiger charge is 2.32. The van der Waals surface area contributed by atoms with Gasteiger partial charge < -0.3 is 9.64 Å². The molecule has 2 aromatic rings. The number of nitrogens with one attached hydrogen (secondary N) is 1. The normalized spacial score (nSPS) is 19.3. The summed E-state index contributed by atoms with van der Waals surface area (Å²) in [7, 11) is -2.37. The van der Waals surface area contributed by atoms with Crippen molar-refractivity contribution >= 4 is 27.3 Å². The monoisotopic (exact) mass is 601 g/mol. The fourth-order valence-corrected chi connectivity index (χ4v) is 7.38. The lowest BCUT2D eigenvalue weighted by molar-refractivity contribution is 0.0627. The third-order valence-electron chi connectivity index (χ3n) is 8.40. The van der Waals surface area contributed by atoms with Crippen molar-refractivity contribution in [2.24, 2.45) is 10.9 Å². The van der Waals surface area contributed by atoms with Crippen LogP contribution in [0.25, 0.3) is 0 Å². The lowest BCUT2D eigenvalue weighted by Gasteiger charge is -2.35. The number of allylic oxidation sites excluding steroid dienone is 5. The van der Waals surface area contributed by atoms with Gasteiger partial charge >= 0.3 is 0 Å². The molecule has 1 aromatic heterocycles. The van der Waals surface area contributed by atoms with Crippen LogP contribution < -0.4 is 9.46 Å². The zero-order chi connectivity index (χ0) is 30.6. The smallest absolute Gasteiger partial charge is 0.264 e. The highest BCUT2D eigenvalue weighted by atomic mass is 32.2. The maximum atomic E-state index is 13.6. The molecular formula is C33H39N5O4S. The number of carbonyl (C=O) groups excluding carboxylic acids is 1. The number of rotatable bonds is 9. The molecule has 1 saturated heterocycles. The zero-order valence-corrected chi connectivity index (χ0v) is 25.7. The highest BCUT2D eigenvalue weighted by Crippen LogP contribution is 2.38. The van der Waals surface area contributed by atoms with Crippen LogP contribution in [0.15, 0.2) is 89.1 Å². The number of anilines is 1. The Balaban J connectivity index is 1.26. The molecular weight excluding hydrogens is 562 g/mol. The van der Waals surface area contributed by atoms with E-state index in [1.165, 1.54) is 6.20 Å². The summed E-state index contributed by atoms with van der Waals surface area (Å²) in [6.07, 6.45) is 11.0. The first-order chi connectivity index (χ1) is 20.7. The van der Waals surface area contributed by atoms with Crippen molar-refractivity contribution in [3.63, 3.8) is 0 Å². The van der Waals surface area contributed by atoms with Crippen LogP contribution in [0.1, 0.15) is 47.2 Å². The Kier molecular flexibility index (Phi) is 9.27. The molecule has 0 bridgehead atoms. The van der Waals surface area contributed by atoms with Crippen molar-refractivity contribution in [3.05, 3.63) is 101 Å². The number of amides is 1. The molecule has 0 unspecified atom stereocenters. The van der Waals surface area contributed by atoms with Gasteiger partial charge in [-0.25, -0.2) is 13.4 Å². The first-order valence-electron chi connectivity index (χ1n) is 14.7. The van der Waals surface area contributed by atoms with Crippen LogP contribution in [0, 0.1) is 12.8 Å². The van der Waals surface area contributed by atoms with E-state index in [0.29, 0.717) is 59.5 Å². The number of piperazine rings is 1. The summed E-state index contributed by atoms with van der Waals surface area (Å²) >= 11 is 0. The Hall–Kier alpha value is -4.02. The van der Waals surface area contributed by atoms with Gasteiger partial charge in [-0.1, -0.05) is 38.1 Å². The maximum absolute atomic E-state index is 13.6. The highest BCUT2D eigenvalue weighted by molar-refractivity contribution is 7.97. The van der Waals surface area contributed by atoms with E-state index >= 15 is 0 Å². The number of sulfonamides is 1. The number of hydrogen-bond donors (Lipinski definition) is 1. The number of ether oxygens (including phenoxy) is 1. The van der Waals surface area contributed by atoms with Crippen molar-refractivity contribution in [1.29, 1.82) is 0 Å². The molecule has 43 heavy (non-hydrogen) atoms. The Morgan fingerprint density at radius 2 is 1.91 bits per heavy atom. The van der Waals surface area contributed by atoms with E-state index in [1.807, 2.05) is 23.1 Å². The number of carbonyl (C=O) groups is 1. The molecule has 0 radical (unpaired) electrons. The van der Waals surface area contributed by atoms with E-state index in [9.17, 15) is 13.2 Å². The first-order valence-corrected chi connectivity index (χ1v) is 16.1. The minimum atomic E-state index is -3.99. The maximum Gasteiger partial charge on any atom is 0.264 e. The van der Waals surface area contributed by atoms with Gasteiger partial charge in [-0.05, 0) is 72.7 Å². The van der Waals surface area contributed by atoms with Gasteiger partial charge in [0.05, 0.1) is 18.5 Å². The molecule has 9 nitrogen and oxygen atoms in total. The van der Waals surface area contributed by atoms with E-state index in [1.54, 1.807) is 44.5 Å². The van der Waals surface area contributed by atoms with Gasteiger partial charge in [0.25, 0.3) is 15.9 Å². The van der Waals surface area contributed by atoms with Crippen LogP contribution in [0.4, 0.5) is 5.69 Å². The summed E-state index contributed by atoms with van der Waals surface area (Å²) in [6.45, 7) is 13.0. The number of aliphatic imine (C=N–C) groups is 1. The molecule has 1 N–H and O–H groups in total.